The molecule has 2 N–H and O–H groups in total. The van der Waals surface area contributed by atoms with Gasteiger partial charge in [-0.05, 0) is 24.0 Å². The van der Waals surface area contributed by atoms with E-state index in [0.29, 0.717) is 19.8 Å². The average molecular weight is 482 g/mol. The van der Waals surface area contributed by atoms with Gasteiger partial charge in [0.05, 0.1) is 19.3 Å². The number of hydrogen-bond acceptors (Lipinski definition) is 4. The van der Waals surface area contributed by atoms with Crippen molar-refractivity contribution in [3.05, 3.63) is 35.6 Å². The Labute approximate surface area is 171 Å². The average Bonchev–Trinajstić information content (AvgIpc) is 2.61. The van der Waals surface area contributed by atoms with Gasteiger partial charge in [-0.2, -0.15) is 11.8 Å². The fraction of sp³-hybridized carbons (Fsp3) is 0.588. The minimum Gasteiger partial charge on any atom is -0.379 e. The van der Waals surface area contributed by atoms with Crippen molar-refractivity contribution < 1.29 is 9.13 Å². The molecule has 0 amide bonds. The van der Waals surface area contributed by atoms with E-state index >= 15 is 0 Å². The molecule has 1 heterocycles. The summed E-state index contributed by atoms with van der Waals surface area (Å²) in [6, 6.07) is 6.93. The van der Waals surface area contributed by atoms with Crippen LogP contribution in [-0.2, 0) is 4.74 Å². The largest absolute Gasteiger partial charge is 0.379 e. The number of aliphatic imine (C=N–C) groups is 1. The van der Waals surface area contributed by atoms with E-state index in [0.717, 1.165) is 36.9 Å². The van der Waals surface area contributed by atoms with E-state index in [9.17, 15) is 4.39 Å². The minimum absolute atomic E-state index is 0. The van der Waals surface area contributed by atoms with E-state index in [1.54, 1.807) is 30.9 Å². The molecule has 0 bridgehead atoms. The molecular formula is C17H28FIN4OS. The second-order valence-corrected chi connectivity index (χ2v) is 6.58. The maximum atomic E-state index is 13.7. The van der Waals surface area contributed by atoms with Crippen molar-refractivity contribution in [2.24, 2.45) is 4.99 Å². The molecule has 2 rings (SSSR count). The topological polar surface area (TPSA) is 48.9 Å². The van der Waals surface area contributed by atoms with Gasteiger partial charge in [0.1, 0.15) is 5.82 Å². The second kappa shape index (κ2) is 12.7. The van der Waals surface area contributed by atoms with Gasteiger partial charge in [0.25, 0.3) is 0 Å². The van der Waals surface area contributed by atoms with Crippen LogP contribution in [0.25, 0.3) is 0 Å². The second-order valence-electron chi connectivity index (χ2n) is 5.59. The summed E-state index contributed by atoms with van der Waals surface area (Å²) in [5.74, 6) is 1.60. The van der Waals surface area contributed by atoms with Gasteiger partial charge in [0.15, 0.2) is 5.96 Å². The maximum absolute atomic E-state index is 13.7. The van der Waals surface area contributed by atoms with E-state index in [2.05, 4.69) is 26.8 Å². The van der Waals surface area contributed by atoms with Crippen LogP contribution in [0.1, 0.15) is 11.6 Å². The molecule has 1 fully saturated rings. The van der Waals surface area contributed by atoms with Crippen LogP contribution in [-0.4, -0.2) is 69.3 Å². The monoisotopic (exact) mass is 482 g/mol. The highest BCUT2D eigenvalue weighted by Crippen LogP contribution is 2.22. The molecule has 142 valence electrons. The van der Waals surface area contributed by atoms with E-state index < -0.39 is 0 Å². The summed E-state index contributed by atoms with van der Waals surface area (Å²) >= 11 is 1.79. The van der Waals surface area contributed by atoms with Crippen LogP contribution in [0.3, 0.4) is 0 Å². The number of ether oxygens (including phenoxy) is 1. The van der Waals surface area contributed by atoms with Crippen molar-refractivity contribution >= 4 is 41.7 Å². The molecule has 1 unspecified atom stereocenters. The Kier molecular flexibility index (Phi) is 11.4. The zero-order valence-electron chi connectivity index (χ0n) is 14.8. The molecule has 1 aliphatic rings. The molecule has 1 aromatic rings. The molecule has 0 aliphatic carbocycles. The van der Waals surface area contributed by atoms with E-state index in [4.69, 9.17) is 4.74 Å². The number of rotatable bonds is 7. The number of guanidine groups is 1. The fourth-order valence-electron chi connectivity index (χ4n) is 2.75. The van der Waals surface area contributed by atoms with Crippen molar-refractivity contribution in [2.75, 3.05) is 58.4 Å². The first kappa shape index (κ1) is 22.5. The highest BCUT2D eigenvalue weighted by Gasteiger charge is 2.23. The van der Waals surface area contributed by atoms with Gasteiger partial charge >= 0.3 is 0 Å². The summed E-state index contributed by atoms with van der Waals surface area (Å²) in [4.78, 5) is 6.59. The number of hydrogen-bond donors (Lipinski definition) is 2. The molecule has 8 heteroatoms. The molecule has 0 spiro atoms. The van der Waals surface area contributed by atoms with Crippen LogP contribution in [0.5, 0.6) is 0 Å². The number of halogens is 2. The van der Waals surface area contributed by atoms with Gasteiger partial charge in [0.2, 0.25) is 0 Å². The predicted octanol–water partition coefficient (Wildman–Crippen LogP) is 2.35. The smallest absolute Gasteiger partial charge is 0.191 e. The van der Waals surface area contributed by atoms with Gasteiger partial charge < -0.3 is 15.4 Å². The van der Waals surface area contributed by atoms with Crippen LogP contribution in [0, 0.1) is 5.82 Å². The third-order valence-electron chi connectivity index (χ3n) is 4.00. The van der Waals surface area contributed by atoms with Crippen LogP contribution < -0.4 is 10.6 Å². The summed E-state index contributed by atoms with van der Waals surface area (Å²) in [5, 5.41) is 6.66. The van der Waals surface area contributed by atoms with Gasteiger partial charge in [-0.3, -0.25) is 9.89 Å². The highest BCUT2D eigenvalue weighted by atomic mass is 127. The highest BCUT2D eigenvalue weighted by molar-refractivity contribution is 14.0. The first-order valence-corrected chi connectivity index (χ1v) is 9.64. The summed E-state index contributed by atoms with van der Waals surface area (Å²) in [6.45, 7) is 4.66. The quantitative estimate of drug-likeness (QED) is 0.271. The zero-order valence-corrected chi connectivity index (χ0v) is 18.0. The molecule has 0 saturated carbocycles. The molecule has 5 nitrogen and oxygen atoms in total. The van der Waals surface area contributed by atoms with Crippen molar-refractivity contribution in [3.63, 3.8) is 0 Å². The third-order valence-corrected chi connectivity index (χ3v) is 4.62. The number of benzene rings is 1. The van der Waals surface area contributed by atoms with Crippen molar-refractivity contribution in [1.29, 1.82) is 0 Å². The SMILES string of the molecule is CN=C(NCCSC)NCC(c1cccc(F)c1)N1CCOCC1.I. The third kappa shape index (κ3) is 7.67. The Hall–Kier alpha value is -0.580. The van der Waals surface area contributed by atoms with E-state index in [1.807, 2.05) is 6.07 Å². The Balaban J connectivity index is 0.00000312. The molecule has 25 heavy (non-hydrogen) atoms. The predicted molar refractivity (Wildman–Crippen MR) is 115 cm³/mol. The lowest BCUT2D eigenvalue weighted by atomic mass is 10.0. The fourth-order valence-corrected chi connectivity index (χ4v) is 3.05. The van der Waals surface area contributed by atoms with Crippen molar-refractivity contribution in [1.82, 2.24) is 15.5 Å². The minimum atomic E-state index is -0.201. The van der Waals surface area contributed by atoms with Crippen LogP contribution in [0.4, 0.5) is 4.39 Å². The van der Waals surface area contributed by atoms with Crippen molar-refractivity contribution in [3.8, 4) is 0 Å². The van der Waals surface area contributed by atoms with Gasteiger partial charge in [-0.25, -0.2) is 4.39 Å². The molecule has 1 aromatic carbocycles. The molecular weight excluding hydrogens is 454 g/mol. The first-order chi connectivity index (χ1) is 11.7. The van der Waals surface area contributed by atoms with Gasteiger partial charge in [-0.15, -0.1) is 24.0 Å². The number of nitrogens with zero attached hydrogens (tertiary/aromatic N) is 2. The van der Waals surface area contributed by atoms with Gasteiger partial charge in [0, 0.05) is 39.0 Å². The number of nitrogens with one attached hydrogen (secondary N) is 2. The lowest BCUT2D eigenvalue weighted by molar-refractivity contribution is 0.0169. The first-order valence-electron chi connectivity index (χ1n) is 8.25. The molecule has 0 radical (unpaired) electrons. The summed E-state index contributed by atoms with van der Waals surface area (Å²) in [7, 11) is 1.76. The van der Waals surface area contributed by atoms with E-state index in [-0.39, 0.29) is 35.8 Å². The Morgan fingerprint density at radius 2 is 2.12 bits per heavy atom. The normalized spacial score (nSPS) is 16.8. The van der Waals surface area contributed by atoms with Crippen molar-refractivity contribution in [2.45, 2.75) is 6.04 Å². The molecule has 1 aliphatic heterocycles. The van der Waals surface area contributed by atoms with Crippen LogP contribution in [0.2, 0.25) is 0 Å². The summed E-state index contributed by atoms with van der Waals surface area (Å²) in [5.41, 5.74) is 0.976. The number of morpholine rings is 1. The zero-order chi connectivity index (χ0) is 17.2. The number of thioether (sulfide) groups is 1. The van der Waals surface area contributed by atoms with E-state index in [1.165, 1.54) is 6.07 Å². The summed E-state index contributed by atoms with van der Waals surface area (Å²) < 4.78 is 19.1. The molecule has 0 aromatic heterocycles. The Morgan fingerprint density at radius 3 is 2.76 bits per heavy atom. The lowest BCUT2D eigenvalue weighted by Crippen LogP contribution is -2.46. The Bertz CT molecular complexity index is 529. The Morgan fingerprint density at radius 1 is 1.36 bits per heavy atom. The molecule has 1 saturated heterocycles. The van der Waals surface area contributed by atoms with Crippen LogP contribution >= 0.6 is 35.7 Å². The lowest BCUT2D eigenvalue weighted by Gasteiger charge is -2.35. The van der Waals surface area contributed by atoms with Gasteiger partial charge in [-0.1, -0.05) is 12.1 Å². The maximum Gasteiger partial charge on any atom is 0.191 e. The standard InChI is InChI=1S/C17H27FN4OS.HI/c1-19-17(20-6-11-24-2)21-13-16(22-7-9-23-10-8-22)14-4-3-5-15(18)12-14;/h3-5,12,16H,6-11,13H2,1-2H3,(H2,19,20,21);1H. The molecule has 1 atom stereocenters. The van der Waals surface area contributed by atoms with Crippen LogP contribution in [0.15, 0.2) is 29.3 Å². The summed E-state index contributed by atoms with van der Waals surface area (Å²) in [6.07, 6.45) is 2.08.